The third-order valence-electron chi connectivity index (χ3n) is 2.80. The Labute approximate surface area is 108 Å². The van der Waals surface area contributed by atoms with Gasteiger partial charge < -0.3 is 9.88 Å². The summed E-state index contributed by atoms with van der Waals surface area (Å²) in [5.74, 6) is -0.643. The molecule has 0 spiro atoms. The summed E-state index contributed by atoms with van der Waals surface area (Å²) >= 11 is 0. The number of aromatic nitrogens is 1. The van der Waals surface area contributed by atoms with Gasteiger partial charge in [-0.2, -0.15) is 13.2 Å². The molecular weight excluding hydrogens is 257 g/mol. The zero-order valence-electron chi connectivity index (χ0n) is 10.3. The Morgan fingerprint density at radius 3 is 2.58 bits per heavy atom. The van der Waals surface area contributed by atoms with Crippen LogP contribution in [0.5, 0.6) is 0 Å². The molecule has 0 bridgehead atoms. The van der Waals surface area contributed by atoms with Crippen molar-refractivity contribution < 1.29 is 18.0 Å². The molecule has 0 fully saturated rings. The summed E-state index contributed by atoms with van der Waals surface area (Å²) in [5, 5.41) is 0.800. The van der Waals surface area contributed by atoms with Gasteiger partial charge in [0.1, 0.15) is 12.2 Å². The summed E-state index contributed by atoms with van der Waals surface area (Å²) in [6, 6.07) is 8.73. The maximum Gasteiger partial charge on any atom is 0.406 e. The molecule has 0 saturated carbocycles. The van der Waals surface area contributed by atoms with Crippen molar-refractivity contribution in [1.29, 1.82) is 0 Å². The topological polar surface area (TPSA) is 36.1 Å². The quantitative estimate of drug-likeness (QED) is 0.913. The van der Waals surface area contributed by atoms with Crippen molar-refractivity contribution in [3.8, 4) is 0 Å². The number of hydrogen-bond acceptors (Lipinski definition) is 1. The molecule has 19 heavy (non-hydrogen) atoms. The molecular formula is C13H13F3N2O. The fraction of sp³-hybridized carbons (Fsp3) is 0.308. The molecule has 1 aromatic carbocycles. The molecule has 0 aliphatic carbocycles. The number of H-pyrrole nitrogens is 1. The van der Waals surface area contributed by atoms with Crippen LogP contribution in [0.1, 0.15) is 17.4 Å². The van der Waals surface area contributed by atoms with E-state index in [4.69, 9.17) is 0 Å². The zero-order chi connectivity index (χ0) is 14.0. The van der Waals surface area contributed by atoms with E-state index in [9.17, 15) is 18.0 Å². The van der Waals surface area contributed by atoms with Crippen molar-refractivity contribution in [3.63, 3.8) is 0 Å². The molecule has 0 aliphatic rings. The van der Waals surface area contributed by atoms with Gasteiger partial charge in [-0.15, -0.1) is 0 Å². The van der Waals surface area contributed by atoms with Gasteiger partial charge in [0.25, 0.3) is 5.91 Å². The largest absolute Gasteiger partial charge is 0.406 e. The minimum atomic E-state index is -4.39. The van der Waals surface area contributed by atoms with Gasteiger partial charge in [-0.25, -0.2) is 0 Å². The highest BCUT2D eigenvalue weighted by molar-refractivity contribution is 5.98. The lowest BCUT2D eigenvalue weighted by Crippen LogP contribution is -2.38. The number of para-hydroxylation sites is 1. The number of fused-ring (bicyclic) bond motifs is 1. The minimum absolute atomic E-state index is 0.00765. The summed E-state index contributed by atoms with van der Waals surface area (Å²) in [7, 11) is 0. The van der Waals surface area contributed by atoms with Crippen molar-refractivity contribution in [1.82, 2.24) is 9.88 Å². The Hall–Kier alpha value is -1.98. The first-order valence-corrected chi connectivity index (χ1v) is 5.84. The van der Waals surface area contributed by atoms with E-state index >= 15 is 0 Å². The predicted octanol–water partition coefficient (Wildman–Crippen LogP) is 3.19. The third-order valence-corrected chi connectivity index (χ3v) is 2.80. The van der Waals surface area contributed by atoms with Gasteiger partial charge >= 0.3 is 6.18 Å². The van der Waals surface area contributed by atoms with E-state index in [0.717, 1.165) is 15.8 Å². The molecule has 102 valence electrons. The van der Waals surface area contributed by atoms with E-state index in [1.165, 1.54) is 6.92 Å². The number of nitrogens with zero attached hydrogens (tertiary/aromatic N) is 1. The first kappa shape index (κ1) is 13.5. The smallest absolute Gasteiger partial charge is 0.351 e. The predicted molar refractivity (Wildman–Crippen MR) is 65.9 cm³/mol. The second kappa shape index (κ2) is 4.95. The van der Waals surface area contributed by atoms with Gasteiger partial charge in [0.2, 0.25) is 0 Å². The second-order valence-electron chi connectivity index (χ2n) is 4.20. The molecule has 0 aliphatic heterocycles. The number of hydrogen-bond donors (Lipinski definition) is 1. The third kappa shape index (κ3) is 3.07. The summed E-state index contributed by atoms with van der Waals surface area (Å²) < 4.78 is 37.1. The standard InChI is InChI=1S/C13H13F3N2O/c1-2-18(8-13(14,15)16)12(19)11-7-9-5-3-4-6-10(9)17-11/h3-7,17H,2,8H2,1H3. The SMILES string of the molecule is CCN(CC(F)(F)F)C(=O)c1cc2ccccc2[nH]1. The Morgan fingerprint density at radius 1 is 1.32 bits per heavy atom. The first-order chi connectivity index (χ1) is 8.90. The summed E-state index contributed by atoms with van der Waals surface area (Å²) in [6.45, 7) is 0.289. The number of carbonyl (C=O) groups is 1. The fourth-order valence-corrected chi connectivity index (χ4v) is 1.90. The van der Waals surface area contributed by atoms with Gasteiger partial charge in [0.05, 0.1) is 0 Å². The zero-order valence-corrected chi connectivity index (χ0v) is 10.3. The number of nitrogens with one attached hydrogen (secondary N) is 1. The first-order valence-electron chi connectivity index (χ1n) is 5.84. The summed E-state index contributed by atoms with van der Waals surface area (Å²) in [6.07, 6.45) is -4.39. The summed E-state index contributed by atoms with van der Waals surface area (Å²) in [4.78, 5) is 15.6. The molecule has 2 rings (SSSR count). The van der Waals surface area contributed by atoms with Crippen molar-refractivity contribution in [2.45, 2.75) is 13.1 Å². The van der Waals surface area contributed by atoms with Crippen molar-refractivity contribution in [3.05, 3.63) is 36.0 Å². The van der Waals surface area contributed by atoms with E-state index in [2.05, 4.69) is 4.98 Å². The van der Waals surface area contributed by atoms with Crippen LogP contribution in [0, 0.1) is 0 Å². The molecule has 0 radical (unpaired) electrons. The van der Waals surface area contributed by atoms with Crippen molar-refractivity contribution >= 4 is 16.8 Å². The van der Waals surface area contributed by atoms with E-state index in [-0.39, 0.29) is 12.2 Å². The number of aromatic amines is 1. The van der Waals surface area contributed by atoms with E-state index in [1.807, 2.05) is 0 Å². The number of halogens is 3. The average molecular weight is 270 g/mol. The van der Waals surface area contributed by atoms with Crippen LogP contribution < -0.4 is 0 Å². The number of carbonyl (C=O) groups excluding carboxylic acids is 1. The maximum atomic E-state index is 12.4. The Morgan fingerprint density at radius 2 is 2.00 bits per heavy atom. The normalized spacial score (nSPS) is 11.8. The highest BCUT2D eigenvalue weighted by Gasteiger charge is 2.33. The highest BCUT2D eigenvalue weighted by Crippen LogP contribution is 2.20. The van der Waals surface area contributed by atoms with Crippen LogP contribution in [0.2, 0.25) is 0 Å². The monoisotopic (exact) mass is 270 g/mol. The van der Waals surface area contributed by atoms with Gasteiger partial charge in [-0.05, 0) is 19.1 Å². The van der Waals surface area contributed by atoms with Crippen LogP contribution in [0.15, 0.2) is 30.3 Å². The molecule has 1 amide bonds. The Kier molecular flexibility index (Phi) is 3.50. The van der Waals surface area contributed by atoms with Gasteiger partial charge in [0.15, 0.2) is 0 Å². The molecule has 0 atom stereocenters. The lowest BCUT2D eigenvalue weighted by Gasteiger charge is -2.21. The molecule has 1 heterocycles. The van der Waals surface area contributed by atoms with Crippen LogP contribution >= 0.6 is 0 Å². The van der Waals surface area contributed by atoms with Crippen LogP contribution in [0.4, 0.5) is 13.2 Å². The molecule has 2 aromatic rings. The van der Waals surface area contributed by atoms with Crippen LogP contribution in [-0.2, 0) is 0 Å². The molecule has 3 nitrogen and oxygen atoms in total. The second-order valence-corrected chi connectivity index (χ2v) is 4.20. The Balaban J connectivity index is 2.26. The maximum absolute atomic E-state index is 12.4. The molecule has 0 unspecified atom stereocenters. The number of benzene rings is 1. The van der Waals surface area contributed by atoms with Crippen molar-refractivity contribution in [2.24, 2.45) is 0 Å². The Bertz CT molecular complexity index is 556. The number of amides is 1. The number of rotatable bonds is 3. The van der Waals surface area contributed by atoms with Gasteiger partial charge in [-0.3, -0.25) is 4.79 Å². The van der Waals surface area contributed by atoms with Crippen molar-refractivity contribution in [2.75, 3.05) is 13.1 Å². The lowest BCUT2D eigenvalue weighted by molar-refractivity contribution is -0.140. The minimum Gasteiger partial charge on any atom is -0.351 e. The molecule has 1 N–H and O–H groups in total. The van der Waals surface area contributed by atoms with E-state index < -0.39 is 18.6 Å². The summed E-state index contributed by atoms with van der Waals surface area (Å²) in [5.41, 5.74) is 0.904. The molecule has 0 saturated heterocycles. The average Bonchev–Trinajstić information content (AvgIpc) is 2.77. The van der Waals surface area contributed by atoms with E-state index in [1.54, 1.807) is 30.3 Å². The van der Waals surface area contributed by atoms with Gasteiger partial charge in [0, 0.05) is 17.4 Å². The molecule has 6 heteroatoms. The molecule has 1 aromatic heterocycles. The lowest BCUT2D eigenvalue weighted by atomic mass is 10.2. The van der Waals surface area contributed by atoms with Crippen LogP contribution in [-0.4, -0.2) is 35.1 Å². The number of alkyl halides is 3. The van der Waals surface area contributed by atoms with Crippen LogP contribution in [0.3, 0.4) is 0 Å². The highest BCUT2D eigenvalue weighted by atomic mass is 19.4. The fourth-order valence-electron chi connectivity index (χ4n) is 1.90. The van der Waals surface area contributed by atoms with Crippen LogP contribution in [0.25, 0.3) is 10.9 Å². The van der Waals surface area contributed by atoms with E-state index in [0.29, 0.717) is 0 Å². The van der Waals surface area contributed by atoms with Gasteiger partial charge in [-0.1, -0.05) is 18.2 Å².